The van der Waals surface area contributed by atoms with Crippen molar-refractivity contribution in [3.8, 4) is 0 Å². The second-order valence-electron chi connectivity index (χ2n) is 10.8. The first-order chi connectivity index (χ1) is 16.8. The molecular weight excluding hydrogens is 439 g/mol. The van der Waals surface area contributed by atoms with E-state index >= 15 is 0 Å². The van der Waals surface area contributed by atoms with E-state index in [1.807, 2.05) is 0 Å². The molecule has 3 N–H and O–H groups in total. The largest absolute Gasteiger partial charge is 0.478 e. The standard InChI is InChI=1S/C30H33FN2O2/c1-19-11-21-12-20(2)17-30(16-19,18-21)22-7-9-24(10-8-22)32-25-13-23(31)14-26(15-25)33-28-6-4-3-5-27(28)29(34)35/h3-10,13-15,19-21,32-33H,11-12,16-18H2,1-2H3,(H,34,35). The summed E-state index contributed by atoms with van der Waals surface area (Å²) in [5.74, 6) is 0.935. The molecular formula is C30H33FN2O2. The molecule has 2 unspecified atom stereocenters. The molecule has 3 aromatic carbocycles. The van der Waals surface area contributed by atoms with Crippen molar-refractivity contribution >= 4 is 28.7 Å². The minimum absolute atomic E-state index is 0.137. The first-order valence-corrected chi connectivity index (χ1v) is 12.6. The smallest absolute Gasteiger partial charge is 0.337 e. The molecule has 2 atom stereocenters. The minimum atomic E-state index is -1.03. The lowest BCUT2D eigenvalue weighted by Gasteiger charge is -2.50. The van der Waals surface area contributed by atoms with Gasteiger partial charge in [0.2, 0.25) is 0 Å². The Morgan fingerprint density at radius 2 is 1.49 bits per heavy atom. The molecule has 0 spiro atoms. The predicted octanol–water partition coefficient (Wildman–Crippen LogP) is 8.12. The maximum Gasteiger partial charge on any atom is 0.337 e. The quantitative estimate of drug-likeness (QED) is 0.339. The Bertz CT molecular complexity index is 1200. The second kappa shape index (κ2) is 9.37. The molecule has 35 heavy (non-hydrogen) atoms. The number of hydrogen-bond donors (Lipinski definition) is 3. The van der Waals surface area contributed by atoms with E-state index in [1.54, 1.807) is 24.3 Å². The lowest BCUT2D eigenvalue weighted by atomic mass is 9.54. The Kier molecular flexibility index (Phi) is 6.26. The van der Waals surface area contributed by atoms with E-state index in [-0.39, 0.29) is 11.0 Å². The maximum absolute atomic E-state index is 14.4. The van der Waals surface area contributed by atoms with Gasteiger partial charge in [-0.15, -0.1) is 0 Å². The van der Waals surface area contributed by atoms with Crippen LogP contribution in [0.5, 0.6) is 0 Å². The Morgan fingerprint density at radius 1 is 0.857 bits per heavy atom. The van der Waals surface area contributed by atoms with Crippen molar-refractivity contribution in [3.05, 3.63) is 83.7 Å². The predicted molar refractivity (Wildman–Crippen MR) is 139 cm³/mol. The highest BCUT2D eigenvalue weighted by atomic mass is 19.1. The van der Waals surface area contributed by atoms with Gasteiger partial charge >= 0.3 is 5.97 Å². The van der Waals surface area contributed by atoms with Gasteiger partial charge in [0.1, 0.15) is 5.82 Å². The SMILES string of the molecule is CC1CC2CC(C)CC(c3ccc(Nc4cc(F)cc(Nc5ccccc5C(=O)O)c4)cc3)(C1)C2. The van der Waals surface area contributed by atoms with Crippen LogP contribution < -0.4 is 10.6 Å². The molecule has 0 radical (unpaired) electrons. The molecule has 2 bridgehead atoms. The highest BCUT2D eigenvalue weighted by Gasteiger charge is 2.45. The molecule has 0 heterocycles. The van der Waals surface area contributed by atoms with E-state index in [1.165, 1.54) is 55.9 Å². The summed E-state index contributed by atoms with van der Waals surface area (Å²) in [5, 5.41) is 15.8. The summed E-state index contributed by atoms with van der Waals surface area (Å²) in [6, 6.07) is 19.9. The Balaban J connectivity index is 1.35. The van der Waals surface area contributed by atoms with E-state index in [0.717, 1.165) is 23.4 Å². The number of aromatic carboxylic acids is 1. The lowest BCUT2D eigenvalue weighted by molar-refractivity contribution is 0.0697. The fraction of sp³-hybridized carbons (Fsp3) is 0.367. The summed E-state index contributed by atoms with van der Waals surface area (Å²) in [4.78, 5) is 11.5. The van der Waals surface area contributed by atoms with Crippen molar-refractivity contribution in [1.82, 2.24) is 0 Å². The number of nitrogens with one attached hydrogen (secondary N) is 2. The molecule has 4 nitrogen and oxygen atoms in total. The van der Waals surface area contributed by atoms with Crippen LogP contribution in [-0.2, 0) is 5.41 Å². The van der Waals surface area contributed by atoms with Crippen molar-refractivity contribution < 1.29 is 14.3 Å². The molecule has 182 valence electrons. The number of para-hydroxylation sites is 1. The monoisotopic (exact) mass is 472 g/mol. The van der Waals surface area contributed by atoms with E-state index < -0.39 is 11.8 Å². The molecule has 0 aromatic heterocycles. The van der Waals surface area contributed by atoms with Gasteiger partial charge in [-0.25, -0.2) is 9.18 Å². The summed E-state index contributed by atoms with van der Waals surface area (Å²) in [6.07, 6.45) is 6.54. The molecule has 2 aliphatic carbocycles. The minimum Gasteiger partial charge on any atom is -0.478 e. The topological polar surface area (TPSA) is 61.4 Å². The normalized spacial score (nSPS) is 25.6. The molecule has 2 fully saturated rings. The van der Waals surface area contributed by atoms with E-state index in [0.29, 0.717) is 17.1 Å². The Hall–Kier alpha value is -3.34. The number of hydrogen-bond acceptors (Lipinski definition) is 3. The molecule has 2 aliphatic rings. The molecule has 0 amide bonds. The summed E-state index contributed by atoms with van der Waals surface area (Å²) < 4.78 is 14.4. The Labute approximate surface area is 206 Å². The van der Waals surface area contributed by atoms with Gasteiger partial charge in [-0.05, 0) is 103 Å². The van der Waals surface area contributed by atoms with Gasteiger partial charge < -0.3 is 15.7 Å². The number of carboxylic acid groups (broad SMARTS) is 1. The Morgan fingerprint density at radius 3 is 2.14 bits per heavy atom. The molecule has 5 rings (SSSR count). The van der Waals surface area contributed by atoms with Crippen molar-refractivity contribution in [2.24, 2.45) is 17.8 Å². The van der Waals surface area contributed by atoms with Gasteiger partial charge in [0.05, 0.1) is 11.3 Å². The number of halogens is 1. The third-order valence-corrected chi connectivity index (χ3v) is 7.75. The van der Waals surface area contributed by atoms with Crippen molar-refractivity contribution in [2.45, 2.75) is 51.4 Å². The fourth-order valence-corrected chi connectivity index (χ4v) is 6.80. The van der Waals surface area contributed by atoms with Crippen LogP contribution in [0.25, 0.3) is 0 Å². The van der Waals surface area contributed by atoms with Crippen molar-refractivity contribution in [2.75, 3.05) is 10.6 Å². The zero-order valence-corrected chi connectivity index (χ0v) is 20.4. The highest BCUT2D eigenvalue weighted by molar-refractivity contribution is 5.95. The summed E-state index contributed by atoms with van der Waals surface area (Å²) in [5.41, 5.74) is 4.25. The summed E-state index contributed by atoms with van der Waals surface area (Å²) >= 11 is 0. The third-order valence-electron chi connectivity index (χ3n) is 7.75. The highest BCUT2D eigenvalue weighted by Crippen LogP contribution is 2.54. The second-order valence-corrected chi connectivity index (χ2v) is 10.8. The fourth-order valence-electron chi connectivity index (χ4n) is 6.80. The van der Waals surface area contributed by atoms with Crippen molar-refractivity contribution in [1.29, 1.82) is 0 Å². The van der Waals surface area contributed by atoms with Gasteiger partial charge in [0.15, 0.2) is 0 Å². The zero-order valence-electron chi connectivity index (χ0n) is 20.4. The molecule has 2 saturated carbocycles. The van der Waals surface area contributed by atoms with Crippen LogP contribution in [-0.4, -0.2) is 11.1 Å². The average Bonchev–Trinajstić information content (AvgIpc) is 2.78. The van der Waals surface area contributed by atoms with Crippen molar-refractivity contribution in [3.63, 3.8) is 0 Å². The molecule has 0 aliphatic heterocycles. The van der Waals surface area contributed by atoms with Gasteiger partial charge in [0, 0.05) is 17.1 Å². The maximum atomic E-state index is 14.4. The number of anilines is 4. The summed E-state index contributed by atoms with van der Waals surface area (Å²) in [6.45, 7) is 4.80. The first-order valence-electron chi connectivity index (χ1n) is 12.6. The van der Waals surface area contributed by atoms with Crippen LogP contribution in [0, 0.1) is 23.6 Å². The number of rotatable bonds is 6. The summed E-state index contributed by atoms with van der Waals surface area (Å²) in [7, 11) is 0. The third kappa shape index (κ3) is 5.04. The molecule has 0 saturated heterocycles. The van der Waals surface area contributed by atoms with Gasteiger partial charge in [0.25, 0.3) is 0 Å². The van der Waals surface area contributed by atoms with Crippen LogP contribution in [0.1, 0.15) is 61.9 Å². The van der Waals surface area contributed by atoms with Crippen LogP contribution in [0.15, 0.2) is 66.7 Å². The van der Waals surface area contributed by atoms with Crippen LogP contribution >= 0.6 is 0 Å². The number of fused-ring (bicyclic) bond motifs is 2. The van der Waals surface area contributed by atoms with Gasteiger partial charge in [-0.2, -0.15) is 0 Å². The zero-order chi connectivity index (χ0) is 24.6. The number of carbonyl (C=O) groups is 1. The van der Waals surface area contributed by atoms with Crippen LogP contribution in [0.4, 0.5) is 27.1 Å². The van der Waals surface area contributed by atoms with Crippen LogP contribution in [0.2, 0.25) is 0 Å². The lowest BCUT2D eigenvalue weighted by Crippen LogP contribution is -2.42. The first kappa shape index (κ1) is 23.4. The number of carboxylic acids is 1. The van der Waals surface area contributed by atoms with E-state index in [4.69, 9.17) is 0 Å². The van der Waals surface area contributed by atoms with Gasteiger partial charge in [-0.3, -0.25) is 0 Å². The average molecular weight is 473 g/mol. The van der Waals surface area contributed by atoms with E-state index in [9.17, 15) is 14.3 Å². The molecule has 5 heteroatoms. The van der Waals surface area contributed by atoms with Crippen LogP contribution in [0.3, 0.4) is 0 Å². The van der Waals surface area contributed by atoms with E-state index in [2.05, 4.69) is 48.7 Å². The molecule has 3 aromatic rings. The number of benzene rings is 3. The van der Waals surface area contributed by atoms with Gasteiger partial charge in [-0.1, -0.05) is 38.1 Å².